The molecule has 3 rings (SSSR count). The van der Waals surface area contributed by atoms with Gasteiger partial charge in [0.05, 0.1) is 6.04 Å². The van der Waals surface area contributed by atoms with Gasteiger partial charge in [0.2, 0.25) is 11.8 Å². The van der Waals surface area contributed by atoms with Crippen LogP contribution in [0.3, 0.4) is 0 Å². The third-order valence-corrected chi connectivity index (χ3v) is 6.68. The van der Waals surface area contributed by atoms with Crippen molar-refractivity contribution in [2.75, 3.05) is 6.54 Å². The summed E-state index contributed by atoms with van der Waals surface area (Å²) in [6.45, 7) is 5.54. The van der Waals surface area contributed by atoms with Gasteiger partial charge >= 0.3 is 6.09 Å². The van der Waals surface area contributed by atoms with Crippen molar-refractivity contribution in [3.63, 3.8) is 0 Å². The monoisotopic (exact) mass is 602 g/mol. The minimum atomic E-state index is -1.06. The molecule has 11 heteroatoms. The van der Waals surface area contributed by atoms with Crippen molar-refractivity contribution < 1.29 is 23.9 Å². The summed E-state index contributed by atoms with van der Waals surface area (Å²) in [4.78, 5) is 51.8. The summed E-state index contributed by atoms with van der Waals surface area (Å²) in [6.07, 6.45) is 0.973. The van der Waals surface area contributed by atoms with Crippen LogP contribution in [0.1, 0.15) is 44.7 Å². The van der Waals surface area contributed by atoms with E-state index in [0.717, 1.165) is 21.9 Å². The molecule has 0 saturated heterocycles. The van der Waals surface area contributed by atoms with Crippen molar-refractivity contribution >= 4 is 40.9 Å². The van der Waals surface area contributed by atoms with Gasteiger partial charge in [-0.25, -0.2) is 4.79 Å². The smallest absolute Gasteiger partial charge is 0.408 e. The van der Waals surface area contributed by atoms with E-state index in [9.17, 15) is 19.2 Å². The number of rotatable bonds is 14. The first-order valence-corrected chi connectivity index (χ1v) is 14.6. The van der Waals surface area contributed by atoms with Gasteiger partial charge in [-0.2, -0.15) is 0 Å². The maximum absolute atomic E-state index is 13.7. The fourth-order valence-corrected chi connectivity index (χ4v) is 4.59. The van der Waals surface area contributed by atoms with Gasteiger partial charge in [0.25, 0.3) is 0 Å². The molecule has 0 aromatic heterocycles. The molecule has 7 N–H and O–H groups in total. The lowest BCUT2D eigenvalue weighted by molar-refractivity contribution is -0.131. The number of hydrogen-bond donors (Lipinski definition) is 6. The van der Waals surface area contributed by atoms with Crippen molar-refractivity contribution in [1.29, 1.82) is 5.41 Å². The Bertz CT molecular complexity index is 1440. The van der Waals surface area contributed by atoms with Crippen LogP contribution in [-0.4, -0.2) is 60.4 Å². The van der Waals surface area contributed by atoms with Crippen LogP contribution in [0.25, 0.3) is 10.8 Å². The van der Waals surface area contributed by atoms with Crippen LogP contribution in [0, 0.1) is 5.41 Å². The standard InChI is InChI=1S/C33H42N6O5/c1-33(2,3)44-32(43)39-28(19-22-10-5-4-6-11-22)30(42)38-27(20-23-15-16-24-12-7-8-13-25(24)18-23)29(41)37-26(21-40)14-9-17-36-31(34)35/h4-8,10-13,15-16,18,21,26-28H,9,14,17,19-20H2,1-3H3,(H,37,41)(H,38,42)(H,39,43)(H4,34,35,36)/t26-,27-,28+/m0/s1. The molecule has 0 spiro atoms. The zero-order valence-electron chi connectivity index (χ0n) is 25.4. The quantitative estimate of drug-likeness (QED) is 0.0711. The first-order chi connectivity index (χ1) is 20.9. The van der Waals surface area contributed by atoms with Gasteiger partial charge in [0, 0.05) is 19.4 Å². The van der Waals surface area contributed by atoms with Crippen LogP contribution in [0.5, 0.6) is 0 Å². The van der Waals surface area contributed by atoms with Crippen LogP contribution in [0.15, 0.2) is 72.8 Å². The molecule has 3 aromatic rings. The van der Waals surface area contributed by atoms with Crippen molar-refractivity contribution in [3.8, 4) is 0 Å². The molecule has 3 amide bonds. The molecule has 0 aliphatic carbocycles. The van der Waals surface area contributed by atoms with E-state index in [1.54, 1.807) is 20.8 Å². The van der Waals surface area contributed by atoms with Crippen LogP contribution in [0.4, 0.5) is 4.79 Å². The summed E-state index contributed by atoms with van der Waals surface area (Å²) in [6, 6.07) is 19.9. The number of nitrogens with two attached hydrogens (primary N) is 1. The van der Waals surface area contributed by atoms with E-state index in [1.165, 1.54) is 0 Å². The Morgan fingerprint density at radius 3 is 2.11 bits per heavy atom. The molecule has 0 aliphatic heterocycles. The van der Waals surface area contributed by atoms with E-state index < -0.39 is 41.6 Å². The van der Waals surface area contributed by atoms with E-state index in [4.69, 9.17) is 15.9 Å². The fraction of sp³-hybridized carbons (Fsp3) is 0.364. The lowest BCUT2D eigenvalue weighted by atomic mass is 9.99. The summed E-state index contributed by atoms with van der Waals surface area (Å²) < 4.78 is 5.40. The van der Waals surface area contributed by atoms with Gasteiger partial charge in [0.15, 0.2) is 5.96 Å². The zero-order chi connectivity index (χ0) is 32.1. The molecule has 0 saturated carbocycles. The number of aldehydes is 1. The number of alkyl carbamates (subject to hydrolysis) is 1. The number of carbonyl (C=O) groups excluding carboxylic acids is 4. The second-order valence-corrected chi connectivity index (χ2v) is 11.6. The summed E-state index contributed by atoms with van der Waals surface area (Å²) >= 11 is 0. The average Bonchev–Trinajstić information content (AvgIpc) is 2.97. The molecule has 0 unspecified atom stereocenters. The molecule has 0 aliphatic rings. The number of amides is 3. The van der Waals surface area contributed by atoms with Crippen molar-refractivity contribution in [1.82, 2.24) is 21.3 Å². The summed E-state index contributed by atoms with van der Waals surface area (Å²) in [5, 5.41) is 20.1. The Hall–Kier alpha value is -4.93. The van der Waals surface area contributed by atoms with Crippen LogP contribution < -0.4 is 27.0 Å². The Balaban J connectivity index is 1.83. The minimum Gasteiger partial charge on any atom is -0.444 e. The number of hydrogen-bond acceptors (Lipinski definition) is 6. The predicted octanol–water partition coefficient (Wildman–Crippen LogP) is 2.95. The molecule has 3 atom stereocenters. The second kappa shape index (κ2) is 16.1. The molecule has 44 heavy (non-hydrogen) atoms. The number of benzene rings is 3. The lowest BCUT2D eigenvalue weighted by Crippen LogP contribution is -2.56. The lowest BCUT2D eigenvalue weighted by Gasteiger charge is -2.26. The highest BCUT2D eigenvalue weighted by atomic mass is 16.6. The molecular weight excluding hydrogens is 560 g/mol. The number of guanidine groups is 1. The number of nitrogens with one attached hydrogen (secondary N) is 5. The predicted molar refractivity (Wildman–Crippen MR) is 170 cm³/mol. The van der Waals surface area contributed by atoms with Crippen LogP contribution >= 0.6 is 0 Å². The molecule has 3 aromatic carbocycles. The van der Waals surface area contributed by atoms with Gasteiger partial charge in [-0.3, -0.25) is 15.0 Å². The summed E-state index contributed by atoms with van der Waals surface area (Å²) in [5.74, 6) is -1.30. The van der Waals surface area contributed by atoms with Crippen molar-refractivity contribution in [2.45, 2.75) is 70.2 Å². The highest BCUT2D eigenvalue weighted by Crippen LogP contribution is 2.17. The zero-order valence-corrected chi connectivity index (χ0v) is 25.4. The Kier molecular flexibility index (Phi) is 12.3. The Morgan fingerprint density at radius 2 is 1.45 bits per heavy atom. The highest BCUT2D eigenvalue weighted by molar-refractivity contribution is 5.92. The van der Waals surface area contributed by atoms with E-state index in [0.29, 0.717) is 25.7 Å². The Morgan fingerprint density at radius 1 is 0.841 bits per heavy atom. The van der Waals surface area contributed by atoms with Crippen molar-refractivity contribution in [2.24, 2.45) is 5.73 Å². The largest absolute Gasteiger partial charge is 0.444 e. The Labute approximate surface area is 257 Å². The molecule has 0 bridgehead atoms. The maximum atomic E-state index is 13.7. The van der Waals surface area contributed by atoms with Crippen molar-refractivity contribution in [3.05, 3.63) is 83.9 Å². The normalized spacial score (nSPS) is 13.2. The molecular formula is C33H42N6O5. The number of ether oxygens (including phenoxy) is 1. The van der Waals surface area contributed by atoms with Gasteiger partial charge in [-0.15, -0.1) is 0 Å². The van der Waals surface area contributed by atoms with Gasteiger partial charge in [0.1, 0.15) is 24.0 Å². The first-order valence-electron chi connectivity index (χ1n) is 14.6. The minimum absolute atomic E-state index is 0.143. The van der Waals surface area contributed by atoms with Gasteiger partial charge in [-0.1, -0.05) is 72.8 Å². The molecule has 0 fully saturated rings. The SMILES string of the molecule is CC(C)(C)OC(=O)N[C@H](Cc1ccccc1)C(=O)N[C@@H](Cc1ccc2ccccc2c1)C(=O)N[C@H](C=O)CCCNC(=N)N. The third kappa shape index (κ3) is 11.4. The summed E-state index contributed by atoms with van der Waals surface area (Å²) in [5.41, 5.74) is 6.14. The van der Waals surface area contributed by atoms with E-state index in [1.807, 2.05) is 72.8 Å². The maximum Gasteiger partial charge on any atom is 0.408 e. The third-order valence-electron chi connectivity index (χ3n) is 6.68. The molecule has 11 nitrogen and oxygen atoms in total. The van der Waals surface area contributed by atoms with Gasteiger partial charge in [-0.05, 0) is 55.5 Å². The second-order valence-electron chi connectivity index (χ2n) is 11.6. The topological polar surface area (TPSA) is 176 Å². The van der Waals surface area contributed by atoms with E-state index >= 15 is 0 Å². The van der Waals surface area contributed by atoms with Crippen LogP contribution in [-0.2, 0) is 32.0 Å². The van der Waals surface area contributed by atoms with E-state index in [-0.39, 0.29) is 18.8 Å². The number of carbonyl (C=O) groups is 4. The average molecular weight is 603 g/mol. The van der Waals surface area contributed by atoms with Gasteiger partial charge < -0.3 is 36.5 Å². The molecule has 0 heterocycles. The summed E-state index contributed by atoms with van der Waals surface area (Å²) in [7, 11) is 0. The highest BCUT2D eigenvalue weighted by Gasteiger charge is 2.30. The fourth-order valence-electron chi connectivity index (χ4n) is 4.59. The first kappa shape index (κ1) is 33.6. The number of fused-ring (bicyclic) bond motifs is 1. The van der Waals surface area contributed by atoms with Crippen LogP contribution in [0.2, 0.25) is 0 Å². The molecule has 234 valence electrons. The molecule has 0 radical (unpaired) electrons. The van der Waals surface area contributed by atoms with E-state index in [2.05, 4.69) is 21.3 Å².